The molecule has 0 spiro atoms. The van der Waals surface area contributed by atoms with Gasteiger partial charge in [-0.3, -0.25) is 0 Å². The summed E-state index contributed by atoms with van der Waals surface area (Å²) in [6, 6.07) is 20.6. The molecule has 0 amide bonds. The Balaban J connectivity index is 2.08. The van der Waals surface area contributed by atoms with E-state index in [1.165, 1.54) is 11.3 Å². The van der Waals surface area contributed by atoms with Crippen molar-refractivity contribution in [1.82, 2.24) is 0 Å². The molecule has 0 aliphatic heterocycles. The molecule has 0 aromatic heterocycles. The summed E-state index contributed by atoms with van der Waals surface area (Å²) in [5.41, 5.74) is 2.41. The molecule has 0 aliphatic rings. The topological polar surface area (TPSA) is 3.24 Å². The molecule has 1 heteroatoms. The van der Waals surface area contributed by atoms with Crippen LogP contribution in [0.2, 0.25) is 0 Å². The van der Waals surface area contributed by atoms with Gasteiger partial charge in [0.25, 0.3) is 0 Å². The fourth-order valence-corrected chi connectivity index (χ4v) is 1.50. The van der Waals surface area contributed by atoms with Crippen molar-refractivity contribution >= 4 is 5.69 Å². The summed E-state index contributed by atoms with van der Waals surface area (Å²) < 4.78 is 0. The zero-order chi connectivity index (χ0) is 10.5. The molecule has 0 bridgehead atoms. The third-order valence-electron chi connectivity index (χ3n) is 2.31. The fraction of sp³-hybridized carbons (Fsp3) is 0.0714. The van der Waals surface area contributed by atoms with Crippen LogP contribution in [0.1, 0.15) is 5.56 Å². The number of para-hydroxylation sites is 1. The lowest BCUT2D eigenvalue weighted by atomic mass is 10.2. The zero-order valence-corrected chi connectivity index (χ0v) is 8.80. The normalized spacial score (nSPS) is 9.93. The Labute approximate surface area is 91.0 Å². The lowest BCUT2D eigenvalue weighted by Crippen LogP contribution is -2.13. The van der Waals surface area contributed by atoms with Crippen molar-refractivity contribution < 1.29 is 0 Å². The van der Waals surface area contributed by atoms with Gasteiger partial charge in [0.15, 0.2) is 0 Å². The highest BCUT2D eigenvalue weighted by atomic mass is 15.1. The van der Waals surface area contributed by atoms with E-state index in [2.05, 4.69) is 42.8 Å². The van der Waals surface area contributed by atoms with Crippen LogP contribution >= 0.6 is 0 Å². The molecule has 0 saturated heterocycles. The average molecular weight is 196 g/mol. The van der Waals surface area contributed by atoms with E-state index >= 15 is 0 Å². The minimum Gasteiger partial charge on any atom is -0.365 e. The van der Waals surface area contributed by atoms with E-state index < -0.39 is 0 Å². The monoisotopic (exact) mass is 196 g/mol. The second kappa shape index (κ2) is 4.65. The van der Waals surface area contributed by atoms with E-state index in [4.69, 9.17) is 0 Å². The molecular formula is C14H14N. The van der Waals surface area contributed by atoms with Crippen LogP contribution in [0.15, 0.2) is 60.7 Å². The molecule has 0 atom stereocenters. The van der Waals surface area contributed by atoms with Gasteiger partial charge in [0.1, 0.15) is 0 Å². The smallest absolute Gasteiger partial charge is 0.0784 e. The SMILES string of the molecule is CN([CH]c1ccccc1)c1ccccc1. The van der Waals surface area contributed by atoms with Crippen LogP contribution in [-0.4, -0.2) is 7.05 Å². The Morgan fingerprint density at radius 2 is 1.33 bits per heavy atom. The van der Waals surface area contributed by atoms with Gasteiger partial charge in [0.2, 0.25) is 0 Å². The first-order chi connectivity index (χ1) is 7.36. The lowest BCUT2D eigenvalue weighted by Gasteiger charge is -2.18. The van der Waals surface area contributed by atoms with Gasteiger partial charge in [-0.15, -0.1) is 0 Å². The zero-order valence-electron chi connectivity index (χ0n) is 8.80. The van der Waals surface area contributed by atoms with E-state index in [0.717, 1.165) is 0 Å². The largest absolute Gasteiger partial charge is 0.365 e. The van der Waals surface area contributed by atoms with Gasteiger partial charge < -0.3 is 4.90 Å². The number of anilines is 1. The molecule has 75 valence electrons. The quantitative estimate of drug-likeness (QED) is 0.727. The first-order valence-electron chi connectivity index (χ1n) is 5.04. The van der Waals surface area contributed by atoms with Crippen molar-refractivity contribution in [3.63, 3.8) is 0 Å². The highest BCUT2D eigenvalue weighted by Crippen LogP contribution is 2.15. The molecule has 2 aromatic carbocycles. The third-order valence-corrected chi connectivity index (χ3v) is 2.31. The molecule has 0 heterocycles. The minimum atomic E-state index is 1.20. The van der Waals surface area contributed by atoms with Crippen LogP contribution in [0.4, 0.5) is 5.69 Å². The summed E-state index contributed by atoms with van der Waals surface area (Å²) in [5, 5.41) is 0. The summed E-state index contributed by atoms with van der Waals surface area (Å²) in [6.45, 7) is 2.12. The maximum Gasteiger partial charge on any atom is 0.0784 e. The van der Waals surface area contributed by atoms with Crippen molar-refractivity contribution in [3.05, 3.63) is 72.8 Å². The van der Waals surface area contributed by atoms with Crippen LogP contribution in [0, 0.1) is 6.54 Å². The summed E-state index contributed by atoms with van der Waals surface area (Å²) in [5.74, 6) is 0. The van der Waals surface area contributed by atoms with Crippen molar-refractivity contribution in [2.24, 2.45) is 0 Å². The molecule has 0 unspecified atom stereocenters. The van der Waals surface area contributed by atoms with E-state index in [9.17, 15) is 0 Å². The third kappa shape index (κ3) is 2.59. The first-order valence-corrected chi connectivity index (χ1v) is 5.04. The maximum atomic E-state index is 2.12. The highest BCUT2D eigenvalue weighted by molar-refractivity contribution is 5.49. The molecule has 0 fully saturated rings. The van der Waals surface area contributed by atoms with Crippen molar-refractivity contribution in [3.8, 4) is 0 Å². The summed E-state index contributed by atoms with van der Waals surface area (Å²) in [4.78, 5) is 2.12. The standard InChI is InChI=1S/C14H14N/c1-15(14-10-6-3-7-11-14)12-13-8-4-2-5-9-13/h2-12H,1H3. The average Bonchev–Trinajstić information content (AvgIpc) is 2.31. The van der Waals surface area contributed by atoms with Gasteiger partial charge in [0, 0.05) is 12.7 Å². The Kier molecular flexibility index (Phi) is 3.03. The number of rotatable bonds is 3. The van der Waals surface area contributed by atoms with E-state index in [0.29, 0.717) is 0 Å². The Hall–Kier alpha value is -1.76. The van der Waals surface area contributed by atoms with Gasteiger partial charge in [-0.1, -0.05) is 48.5 Å². The number of hydrogen-bond donors (Lipinski definition) is 0. The van der Waals surface area contributed by atoms with Crippen molar-refractivity contribution in [1.29, 1.82) is 0 Å². The molecule has 2 aromatic rings. The predicted molar refractivity (Wildman–Crippen MR) is 64.7 cm³/mol. The molecule has 1 radical (unpaired) electrons. The van der Waals surface area contributed by atoms with Crippen LogP contribution in [0.25, 0.3) is 0 Å². The van der Waals surface area contributed by atoms with Gasteiger partial charge in [0.05, 0.1) is 6.54 Å². The first kappa shape index (κ1) is 9.78. The number of hydrogen-bond acceptors (Lipinski definition) is 1. The summed E-state index contributed by atoms with van der Waals surface area (Å²) >= 11 is 0. The molecule has 0 saturated carbocycles. The van der Waals surface area contributed by atoms with E-state index in [-0.39, 0.29) is 0 Å². The highest BCUT2D eigenvalue weighted by Gasteiger charge is 2.00. The van der Waals surface area contributed by atoms with Crippen LogP contribution in [0.3, 0.4) is 0 Å². The second-order valence-electron chi connectivity index (χ2n) is 3.49. The Morgan fingerprint density at radius 3 is 1.93 bits per heavy atom. The maximum absolute atomic E-state index is 2.12. The van der Waals surface area contributed by atoms with Crippen molar-refractivity contribution in [2.75, 3.05) is 11.9 Å². The molecule has 0 aliphatic carbocycles. The van der Waals surface area contributed by atoms with Gasteiger partial charge in [-0.25, -0.2) is 0 Å². The number of benzene rings is 2. The van der Waals surface area contributed by atoms with E-state index in [1.807, 2.05) is 36.4 Å². The second-order valence-corrected chi connectivity index (χ2v) is 3.49. The van der Waals surface area contributed by atoms with Gasteiger partial charge in [-0.2, -0.15) is 0 Å². The Bertz CT molecular complexity index is 394. The molecule has 15 heavy (non-hydrogen) atoms. The molecule has 2 rings (SSSR count). The molecular weight excluding hydrogens is 182 g/mol. The summed E-state index contributed by atoms with van der Waals surface area (Å²) in [7, 11) is 2.06. The molecule has 1 nitrogen and oxygen atoms in total. The van der Waals surface area contributed by atoms with E-state index in [1.54, 1.807) is 0 Å². The van der Waals surface area contributed by atoms with Crippen LogP contribution < -0.4 is 4.90 Å². The minimum absolute atomic E-state index is 1.20. The van der Waals surface area contributed by atoms with Crippen molar-refractivity contribution in [2.45, 2.75) is 0 Å². The number of nitrogens with zero attached hydrogens (tertiary/aromatic N) is 1. The van der Waals surface area contributed by atoms with Gasteiger partial charge in [-0.05, 0) is 17.7 Å². The Morgan fingerprint density at radius 1 is 0.800 bits per heavy atom. The fourth-order valence-electron chi connectivity index (χ4n) is 1.50. The predicted octanol–water partition coefficient (Wildman–Crippen LogP) is 3.33. The lowest BCUT2D eigenvalue weighted by molar-refractivity contribution is 1.11. The van der Waals surface area contributed by atoms with Crippen LogP contribution in [0.5, 0.6) is 0 Å². The van der Waals surface area contributed by atoms with Crippen LogP contribution in [-0.2, 0) is 0 Å². The summed E-state index contributed by atoms with van der Waals surface area (Å²) in [6.07, 6.45) is 0. The van der Waals surface area contributed by atoms with Gasteiger partial charge >= 0.3 is 0 Å². The molecule has 0 N–H and O–H groups in total.